The minimum absolute atomic E-state index is 0. The van der Waals surface area contributed by atoms with Gasteiger partial charge in [0.2, 0.25) is 0 Å². The van der Waals surface area contributed by atoms with Crippen LogP contribution in [0.1, 0.15) is 47.3 Å². The topological polar surface area (TPSA) is 67.2 Å². The van der Waals surface area contributed by atoms with E-state index in [1.807, 2.05) is 12.1 Å². The molecule has 6 heteroatoms. The van der Waals surface area contributed by atoms with Crippen LogP contribution < -0.4 is 39.4 Å². The Morgan fingerprint density at radius 2 is 1.94 bits per heavy atom. The van der Waals surface area contributed by atoms with E-state index in [1.54, 1.807) is 0 Å². The number of rotatable bonds is 7. The first-order valence-corrected chi connectivity index (χ1v) is 11.6. The van der Waals surface area contributed by atoms with Crippen LogP contribution in [0.4, 0.5) is 0 Å². The number of benzene rings is 3. The number of carbonyl (C=O) groups excluding carboxylic acids is 1. The number of imidazole rings is 1. The Bertz CT molecular complexity index is 1340. The Balaban J connectivity index is 0.00000274. The van der Waals surface area contributed by atoms with Crippen molar-refractivity contribution >= 4 is 17.0 Å². The monoisotopic (exact) mass is 462 g/mol. The molecule has 1 atom stereocenters. The summed E-state index contributed by atoms with van der Waals surface area (Å²) >= 11 is 0. The molecule has 2 heterocycles. The van der Waals surface area contributed by atoms with Crippen LogP contribution in [0.5, 0.6) is 5.75 Å². The number of ether oxygens (including phenoxy) is 1. The summed E-state index contributed by atoms with van der Waals surface area (Å²) < 4.78 is 8.05. The maximum Gasteiger partial charge on any atom is 1.00 e. The van der Waals surface area contributed by atoms with Crippen LogP contribution in [-0.2, 0) is 24.1 Å². The Morgan fingerprint density at radius 1 is 1.12 bits per heavy atom. The number of carboxylic acid groups (broad SMARTS) is 1. The molecule has 0 bridgehead atoms. The second kappa shape index (κ2) is 10.3. The summed E-state index contributed by atoms with van der Waals surface area (Å²) in [6, 6.07) is 21.0. The average Bonchev–Trinajstić information content (AvgIpc) is 3.39. The normalized spacial score (nSPS) is 14.5. The maximum atomic E-state index is 11.0. The molecule has 5 rings (SSSR count). The smallest absolute Gasteiger partial charge is 0.550 e. The van der Waals surface area contributed by atoms with Crippen molar-refractivity contribution in [1.82, 2.24) is 9.55 Å². The van der Waals surface area contributed by atoms with E-state index in [4.69, 9.17) is 9.72 Å². The molecule has 1 aromatic heterocycles. The molecule has 0 unspecified atom stereocenters. The van der Waals surface area contributed by atoms with E-state index in [2.05, 4.69) is 66.9 Å². The van der Waals surface area contributed by atoms with Crippen molar-refractivity contribution in [3.63, 3.8) is 0 Å². The van der Waals surface area contributed by atoms with Gasteiger partial charge in [0.15, 0.2) is 0 Å². The van der Waals surface area contributed by atoms with Crippen molar-refractivity contribution in [2.24, 2.45) is 0 Å². The molecule has 5 nitrogen and oxygen atoms in total. The van der Waals surface area contributed by atoms with Crippen LogP contribution in [0, 0.1) is 6.92 Å². The largest absolute Gasteiger partial charge is 1.00 e. The summed E-state index contributed by atoms with van der Waals surface area (Å²) in [6.45, 7) is 4.74. The Morgan fingerprint density at radius 3 is 2.74 bits per heavy atom. The Kier molecular flexibility index (Phi) is 7.46. The van der Waals surface area contributed by atoms with Gasteiger partial charge in [-0.3, -0.25) is 4.57 Å². The zero-order valence-electron chi connectivity index (χ0n) is 20.0. The third-order valence-electron chi connectivity index (χ3n) is 6.66. The van der Waals surface area contributed by atoms with Gasteiger partial charge < -0.3 is 14.6 Å². The van der Waals surface area contributed by atoms with Gasteiger partial charge in [0.1, 0.15) is 11.6 Å². The summed E-state index contributed by atoms with van der Waals surface area (Å²) in [5.74, 6) is 0.726. The molecule has 0 amide bonds. The van der Waals surface area contributed by atoms with Crippen LogP contribution in [0.2, 0.25) is 0 Å². The maximum absolute atomic E-state index is 11.0. The van der Waals surface area contributed by atoms with Crippen molar-refractivity contribution in [3.8, 4) is 11.4 Å². The number of hydrogen-bond donors (Lipinski definition) is 0. The molecule has 0 radical (unpaired) electrons. The molecular weight excluding hydrogens is 435 g/mol. The van der Waals surface area contributed by atoms with Crippen LogP contribution >= 0.6 is 0 Å². The van der Waals surface area contributed by atoms with Crippen LogP contribution in [0.3, 0.4) is 0 Å². The second-order valence-corrected chi connectivity index (χ2v) is 8.72. The fourth-order valence-corrected chi connectivity index (χ4v) is 4.89. The van der Waals surface area contributed by atoms with E-state index >= 15 is 0 Å². The molecule has 0 aliphatic carbocycles. The van der Waals surface area contributed by atoms with E-state index in [0.29, 0.717) is 6.61 Å². The number of carbonyl (C=O) groups is 1. The van der Waals surface area contributed by atoms with Gasteiger partial charge in [0.25, 0.3) is 0 Å². The second-order valence-electron chi connectivity index (χ2n) is 8.72. The van der Waals surface area contributed by atoms with Crippen molar-refractivity contribution in [2.45, 2.75) is 45.4 Å². The average molecular weight is 463 g/mol. The number of para-hydroxylation sites is 2. The molecule has 0 N–H and O–H groups in total. The molecule has 0 spiro atoms. The minimum Gasteiger partial charge on any atom is -0.550 e. The molecule has 0 fully saturated rings. The first kappa shape index (κ1) is 24.5. The molecule has 1 aliphatic rings. The van der Waals surface area contributed by atoms with Crippen LogP contribution in [0.15, 0.2) is 60.7 Å². The van der Waals surface area contributed by atoms with Crippen molar-refractivity contribution < 1.29 is 44.2 Å². The number of fused-ring (bicyclic) bond motifs is 2. The number of aromatic nitrogens is 2. The summed E-state index contributed by atoms with van der Waals surface area (Å²) in [5.41, 5.74) is 8.08. The number of carboxylic acids is 1. The van der Waals surface area contributed by atoms with Crippen molar-refractivity contribution in [1.29, 1.82) is 0 Å². The van der Waals surface area contributed by atoms with Gasteiger partial charge in [-0.15, -0.1) is 0 Å². The summed E-state index contributed by atoms with van der Waals surface area (Å²) in [4.78, 5) is 15.8. The van der Waals surface area contributed by atoms with Crippen molar-refractivity contribution in [3.05, 3.63) is 88.7 Å². The number of aliphatic carboxylic acids is 1. The van der Waals surface area contributed by atoms with E-state index in [1.165, 1.54) is 22.4 Å². The summed E-state index contributed by atoms with van der Waals surface area (Å²) in [7, 11) is 0. The molecule has 168 valence electrons. The predicted octanol–water partition coefficient (Wildman–Crippen LogP) is 1.30. The number of aryl methyl sites for hydroxylation is 3. The number of hydrogen-bond acceptors (Lipinski definition) is 4. The summed E-state index contributed by atoms with van der Waals surface area (Å²) in [5, 5.41) is 11.0. The molecule has 34 heavy (non-hydrogen) atoms. The predicted molar refractivity (Wildman–Crippen MR) is 127 cm³/mol. The first-order chi connectivity index (χ1) is 16.0. The van der Waals surface area contributed by atoms with Gasteiger partial charge in [-0.1, -0.05) is 43.3 Å². The summed E-state index contributed by atoms with van der Waals surface area (Å²) in [6.07, 6.45) is 2.67. The molecular formula is C28H27N2NaO3. The van der Waals surface area contributed by atoms with E-state index in [9.17, 15) is 9.90 Å². The van der Waals surface area contributed by atoms with Crippen molar-refractivity contribution in [2.75, 3.05) is 6.61 Å². The van der Waals surface area contributed by atoms with Gasteiger partial charge in [-0.25, -0.2) is 4.98 Å². The van der Waals surface area contributed by atoms with E-state index in [0.717, 1.165) is 47.4 Å². The third kappa shape index (κ3) is 4.65. The molecule has 3 aromatic carbocycles. The quantitative estimate of drug-likeness (QED) is 0.389. The number of nitrogens with zero attached hydrogens (tertiary/aromatic N) is 2. The SMILES string of the molecule is CCc1nc2ccccc2n1-c1cccc(CCc2ccc3c(c2)OC[C@H]3CC(=O)[O-])c1C.[Na+]. The Labute approximate surface area is 222 Å². The standard InChI is InChI=1S/C28H28N2O3.Na/c1-3-27-29-23-8-4-5-9-25(23)30(27)24-10-6-7-20(18(24)2)13-11-19-12-14-22-21(16-28(31)32)17-33-26(22)15-19;/h4-10,12,14-15,21H,3,11,13,16-17H2,1-2H3,(H,31,32);/q;+1/p-1/t21-;/m1./s1. The zero-order valence-corrected chi connectivity index (χ0v) is 22.0. The van der Waals surface area contributed by atoms with Gasteiger partial charge in [0, 0.05) is 23.9 Å². The fraction of sp³-hybridized carbons (Fsp3) is 0.286. The van der Waals surface area contributed by atoms with Gasteiger partial charge in [0.05, 0.1) is 23.3 Å². The van der Waals surface area contributed by atoms with Crippen LogP contribution in [-0.4, -0.2) is 22.1 Å². The third-order valence-corrected chi connectivity index (χ3v) is 6.66. The van der Waals surface area contributed by atoms with E-state index in [-0.39, 0.29) is 41.9 Å². The van der Waals surface area contributed by atoms with E-state index < -0.39 is 5.97 Å². The zero-order chi connectivity index (χ0) is 22.9. The van der Waals surface area contributed by atoms with Gasteiger partial charge in [-0.2, -0.15) is 0 Å². The molecule has 0 saturated carbocycles. The molecule has 0 saturated heterocycles. The van der Waals surface area contributed by atoms with Gasteiger partial charge >= 0.3 is 29.6 Å². The first-order valence-electron chi connectivity index (χ1n) is 11.6. The fourth-order valence-electron chi connectivity index (χ4n) is 4.89. The Hall–Kier alpha value is -2.60. The minimum atomic E-state index is -1.03. The molecule has 4 aromatic rings. The molecule has 1 aliphatic heterocycles. The van der Waals surface area contributed by atoms with Gasteiger partial charge in [-0.05, 0) is 67.1 Å². The van der Waals surface area contributed by atoms with Crippen LogP contribution in [0.25, 0.3) is 16.7 Å².